The summed E-state index contributed by atoms with van der Waals surface area (Å²) in [6, 6.07) is 8.55. The van der Waals surface area contributed by atoms with Crippen molar-refractivity contribution in [3.63, 3.8) is 0 Å². The summed E-state index contributed by atoms with van der Waals surface area (Å²) in [6.07, 6.45) is 0. The fraction of sp³-hybridized carbons (Fsp3) is 0.267. The highest BCUT2D eigenvalue weighted by Crippen LogP contribution is 2.23. The van der Waals surface area contributed by atoms with Gasteiger partial charge in [0.15, 0.2) is 0 Å². The van der Waals surface area contributed by atoms with Crippen molar-refractivity contribution in [2.45, 2.75) is 4.90 Å². The Balaban J connectivity index is 1.65. The largest absolute Gasteiger partial charge is 0.366 e. The van der Waals surface area contributed by atoms with Crippen LogP contribution >= 0.6 is 24.0 Å². The van der Waals surface area contributed by atoms with Crippen molar-refractivity contribution in [2.24, 2.45) is 0 Å². The summed E-state index contributed by atoms with van der Waals surface area (Å²) in [5.74, 6) is -0.177. The molecular weight excluding hydrogens is 307 g/mol. The monoisotopic (exact) mass is 322 g/mol. The quantitative estimate of drug-likeness (QED) is 0.859. The van der Waals surface area contributed by atoms with Crippen molar-refractivity contribution in [3.8, 4) is 0 Å². The van der Waals surface area contributed by atoms with Crippen molar-refractivity contribution in [3.05, 3.63) is 46.4 Å². The molecule has 0 radical (unpaired) electrons. The van der Waals surface area contributed by atoms with E-state index in [-0.39, 0.29) is 11.7 Å². The van der Waals surface area contributed by atoms with E-state index < -0.39 is 0 Å². The molecule has 6 heteroatoms. The minimum Gasteiger partial charge on any atom is -0.366 e. The molecule has 1 amide bonds. The molecule has 21 heavy (non-hydrogen) atoms. The van der Waals surface area contributed by atoms with E-state index in [2.05, 4.69) is 12.6 Å². The zero-order valence-corrected chi connectivity index (χ0v) is 13.0. The summed E-state index contributed by atoms with van der Waals surface area (Å²) in [7, 11) is 0. The minimum atomic E-state index is -0.213. The fourth-order valence-electron chi connectivity index (χ4n) is 2.45. The number of benzene rings is 1. The molecule has 0 spiro atoms. The molecule has 0 atom stereocenters. The SMILES string of the molecule is O=C(c1cc(S)cs1)N1CCN(c2ccccc2F)CC1. The summed E-state index contributed by atoms with van der Waals surface area (Å²) < 4.78 is 13.8. The van der Waals surface area contributed by atoms with Crippen LogP contribution in [-0.4, -0.2) is 37.0 Å². The van der Waals surface area contributed by atoms with Gasteiger partial charge in [0.1, 0.15) is 5.82 Å². The van der Waals surface area contributed by atoms with Crippen LogP contribution in [0.5, 0.6) is 0 Å². The van der Waals surface area contributed by atoms with Crippen LogP contribution in [0.1, 0.15) is 9.67 Å². The second kappa shape index (κ2) is 6.07. The Labute approximate surface area is 132 Å². The number of carbonyl (C=O) groups excluding carboxylic acids is 1. The highest BCUT2D eigenvalue weighted by molar-refractivity contribution is 7.80. The van der Waals surface area contributed by atoms with E-state index in [0.29, 0.717) is 36.7 Å². The molecule has 0 N–H and O–H groups in total. The Kier molecular flexibility index (Phi) is 4.17. The van der Waals surface area contributed by atoms with Crippen molar-refractivity contribution in [2.75, 3.05) is 31.1 Å². The van der Waals surface area contributed by atoms with Crippen LogP contribution in [0.4, 0.5) is 10.1 Å². The number of amides is 1. The third-order valence-electron chi connectivity index (χ3n) is 3.56. The molecule has 0 saturated carbocycles. The lowest BCUT2D eigenvalue weighted by atomic mass is 10.2. The van der Waals surface area contributed by atoms with Gasteiger partial charge in [0, 0.05) is 36.5 Å². The second-order valence-corrected chi connectivity index (χ2v) is 6.33. The second-order valence-electron chi connectivity index (χ2n) is 4.90. The van der Waals surface area contributed by atoms with Crippen LogP contribution in [0, 0.1) is 5.82 Å². The van der Waals surface area contributed by atoms with Crippen molar-refractivity contribution in [1.82, 2.24) is 4.90 Å². The zero-order valence-electron chi connectivity index (χ0n) is 11.3. The van der Waals surface area contributed by atoms with Crippen LogP contribution in [0.2, 0.25) is 0 Å². The maximum absolute atomic E-state index is 13.8. The van der Waals surface area contributed by atoms with Crippen LogP contribution in [0.25, 0.3) is 0 Å². The maximum Gasteiger partial charge on any atom is 0.264 e. The van der Waals surface area contributed by atoms with Crippen LogP contribution in [0.3, 0.4) is 0 Å². The van der Waals surface area contributed by atoms with Gasteiger partial charge in [0.2, 0.25) is 0 Å². The molecule has 2 aromatic rings. The van der Waals surface area contributed by atoms with Crippen molar-refractivity contribution in [1.29, 1.82) is 0 Å². The number of hydrogen-bond donors (Lipinski definition) is 1. The molecule has 110 valence electrons. The van der Waals surface area contributed by atoms with Gasteiger partial charge in [0.25, 0.3) is 5.91 Å². The minimum absolute atomic E-state index is 0.0356. The first-order chi connectivity index (χ1) is 10.1. The van der Waals surface area contributed by atoms with E-state index >= 15 is 0 Å². The van der Waals surface area contributed by atoms with Crippen molar-refractivity contribution < 1.29 is 9.18 Å². The molecule has 1 saturated heterocycles. The van der Waals surface area contributed by atoms with Gasteiger partial charge in [-0.15, -0.1) is 24.0 Å². The molecular formula is C15H15FN2OS2. The molecule has 3 rings (SSSR count). The molecule has 1 aliphatic heterocycles. The first-order valence-electron chi connectivity index (χ1n) is 6.71. The molecule has 1 aliphatic rings. The summed E-state index contributed by atoms with van der Waals surface area (Å²) in [5.41, 5.74) is 0.610. The number of hydrogen-bond acceptors (Lipinski definition) is 4. The Bertz CT molecular complexity index is 651. The normalized spacial score (nSPS) is 15.3. The van der Waals surface area contributed by atoms with Crippen molar-refractivity contribution >= 4 is 35.6 Å². The lowest BCUT2D eigenvalue weighted by Crippen LogP contribution is -2.48. The number of rotatable bonds is 2. The Hall–Kier alpha value is -1.53. The molecule has 1 fully saturated rings. The van der Waals surface area contributed by atoms with Gasteiger partial charge in [0.05, 0.1) is 10.6 Å². The van der Waals surface area contributed by atoms with Gasteiger partial charge in [-0.2, -0.15) is 0 Å². The average Bonchev–Trinajstić information content (AvgIpc) is 2.94. The van der Waals surface area contributed by atoms with E-state index in [9.17, 15) is 9.18 Å². The first kappa shape index (κ1) is 14.4. The Morgan fingerprint density at radius 2 is 1.90 bits per heavy atom. The van der Waals surface area contributed by atoms with Gasteiger partial charge in [-0.1, -0.05) is 12.1 Å². The third kappa shape index (κ3) is 3.06. The van der Waals surface area contributed by atoms with E-state index in [1.807, 2.05) is 21.2 Å². The topological polar surface area (TPSA) is 23.6 Å². The molecule has 1 aromatic carbocycles. The number of thiol groups is 1. The number of para-hydroxylation sites is 1. The zero-order chi connectivity index (χ0) is 14.8. The number of nitrogens with zero attached hydrogens (tertiary/aromatic N) is 2. The number of anilines is 1. The van der Waals surface area contributed by atoms with Gasteiger partial charge in [-0.05, 0) is 18.2 Å². The smallest absolute Gasteiger partial charge is 0.264 e. The summed E-state index contributed by atoms with van der Waals surface area (Å²) in [6.45, 7) is 2.50. The summed E-state index contributed by atoms with van der Waals surface area (Å²) >= 11 is 5.64. The van der Waals surface area contributed by atoms with E-state index in [0.717, 1.165) is 4.90 Å². The Morgan fingerprint density at radius 3 is 2.52 bits per heavy atom. The number of thiophene rings is 1. The first-order valence-corrected chi connectivity index (χ1v) is 8.04. The summed E-state index contributed by atoms with van der Waals surface area (Å²) in [4.78, 5) is 17.7. The predicted octanol–water partition coefficient (Wildman–Crippen LogP) is 3.14. The number of piperazine rings is 1. The standard InChI is InChI=1S/C15H15FN2OS2/c16-12-3-1-2-4-13(12)17-5-7-18(8-6-17)15(19)14-9-11(20)10-21-14/h1-4,9-10,20H,5-8H2. The van der Waals surface area contributed by atoms with Crippen LogP contribution < -0.4 is 4.90 Å². The Morgan fingerprint density at radius 1 is 1.19 bits per heavy atom. The summed E-state index contributed by atoms with van der Waals surface area (Å²) in [5, 5.41) is 1.85. The molecule has 0 unspecified atom stereocenters. The number of halogens is 1. The lowest BCUT2D eigenvalue weighted by molar-refractivity contribution is 0.0751. The van der Waals surface area contributed by atoms with Crippen LogP contribution in [0.15, 0.2) is 40.6 Å². The van der Waals surface area contributed by atoms with E-state index in [1.54, 1.807) is 18.2 Å². The maximum atomic E-state index is 13.8. The molecule has 2 heterocycles. The molecule has 0 aliphatic carbocycles. The number of carbonyl (C=O) groups is 1. The third-order valence-corrected chi connectivity index (χ3v) is 4.91. The highest BCUT2D eigenvalue weighted by Gasteiger charge is 2.24. The fourth-order valence-corrected chi connectivity index (χ4v) is 3.57. The van der Waals surface area contributed by atoms with Gasteiger partial charge < -0.3 is 9.80 Å². The lowest BCUT2D eigenvalue weighted by Gasteiger charge is -2.36. The van der Waals surface area contributed by atoms with Gasteiger partial charge >= 0.3 is 0 Å². The predicted molar refractivity (Wildman–Crippen MR) is 86.1 cm³/mol. The van der Waals surface area contributed by atoms with E-state index in [1.165, 1.54) is 17.4 Å². The molecule has 3 nitrogen and oxygen atoms in total. The van der Waals surface area contributed by atoms with Crippen LogP contribution in [-0.2, 0) is 0 Å². The average molecular weight is 322 g/mol. The van der Waals surface area contributed by atoms with Gasteiger partial charge in [-0.25, -0.2) is 4.39 Å². The molecule has 0 bridgehead atoms. The van der Waals surface area contributed by atoms with E-state index in [4.69, 9.17) is 0 Å². The molecule has 1 aromatic heterocycles. The van der Waals surface area contributed by atoms with Gasteiger partial charge in [-0.3, -0.25) is 4.79 Å². The highest BCUT2D eigenvalue weighted by atomic mass is 32.1.